The van der Waals surface area contributed by atoms with E-state index in [-0.39, 0.29) is 18.7 Å². The van der Waals surface area contributed by atoms with Gasteiger partial charge in [-0.1, -0.05) is 6.07 Å². The van der Waals surface area contributed by atoms with Crippen LogP contribution in [0.1, 0.15) is 24.3 Å². The van der Waals surface area contributed by atoms with Crippen LogP contribution >= 0.6 is 0 Å². The van der Waals surface area contributed by atoms with Crippen LogP contribution in [-0.4, -0.2) is 31.2 Å². The lowest BCUT2D eigenvalue weighted by atomic mass is 10.2. The number of furan rings is 1. The van der Waals surface area contributed by atoms with Gasteiger partial charge >= 0.3 is 0 Å². The normalized spacial score (nSPS) is 14.0. The lowest BCUT2D eigenvalue weighted by molar-refractivity contribution is -0.122. The standard InChI is InChI=1S/C17H20N2O4/c1-12(14-4-3-7-21-14)18-17(20)10-19(2)9-13-5-6-15-16(8-13)23-11-22-15/h3-8,12H,9-11H2,1-2H3,(H,18,20). The maximum Gasteiger partial charge on any atom is 0.234 e. The first-order valence-electron chi connectivity index (χ1n) is 7.51. The lowest BCUT2D eigenvalue weighted by Crippen LogP contribution is -2.36. The molecular weight excluding hydrogens is 296 g/mol. The minimum absolute atomic E-state index is 0.0443. The summed E-state index contributed by atoms with van der Waals surface area (Å²) in [4.78, 5) is 14.0. The van der Waals surface area contributed by atoms with Crippen LogP contribution < -0.4 is 14.8 Å². The predicted molar refractivity (Wildman–Crippen MR) is 84.2 cm³/mol. The lowest BCUT2D eigenvalue weighted by Gasteiger charge is -2.18. The second-order valence-electron chi connectivity index (χ2n) is 5.66. The van der Waals surface area contributed by atoms with E-state index in [0.29, 0.717) is 13.1 Å². The van der Waals surface area contributed by atoms with E-state index < -0.39 is 0 Å². The Labute approximate surface area is 135 Å². The molecule has 3 rings (SSSR count). The fourth-order valence-electron chi connectivity index (χ4n) is 2.55. The van der Waals surface area contributed by atoms with Gasteiger partial charge in [-0.15, -0.1) is 0 Å². The number of carbonyl (C=O) groups excluding carboxylic acids is 1. The van der Waals surface area contributed by atoms with E-state index in [1.807, 2.05) is 49.2 Å². The fraction of sp³-hybridized carbons (Fsp3) is 0.353. The third-order valence-corrected chi connectivity index (χ3v) is 3.65. The topological polar surface area (TPSA) is 63.9 Å². The van der Waals surface area contributed by atoms with E-state index in [1.165, 1.54) is 0 Å². The third-order valence-electron chi connectivity index (χ3n) is 3.65. The maximum absolute atomic E-state index is 12.1. The zero-order chi connectivity index (χ0) is 16.2. The highest BCUT2D eigenvalue weighted by molar-refractivity contribution is 5.78. The summed E-state index contributed by atoms with van der Waals surface area (Å²) in [5.74, 6) is 2.22. The molecule has 6 heteroatoms. The van der Waals surface area contributed by atoms with Crippen molar-refractivity contribution in [1.82, 2.24) is 10.2 Å². The van der Waals surface area contributed by atoms with Gasteiger partial charge in [-0.3, -0.25) is 9.69 Å². The van der Waals surface area contributed by atoms with E-state index in [9.17, 15) is 4.79 Å². The van der Waals surface area contributed by atoms with Crippen molar-refractivity contribution in [2.24, 2.45) is 0 Å². The number of likely N-dealkylation sites (N-methyl/N-ethyl adjacent to an activating group) is 1. The van der Waals surface area contributed by atoms with Gasteiger partial charge in [0.2, 0.25) is 12.7 Å². The van der Waals surface area contributed by atoms with Crippen molar-refractivity contribution in [2.45, 2.75) is 19.5 Å². The van der Waals surface area contributed by atoms with E-state index in [2.05, 4.69) is 5.32 Å². The molecule has 0 fully saturated rings. The molecule has 0 aliphatic carbocycles. The van der Waals surface area contributed by atoms with Crippen LogP contribution in [0.15, 0.2) is 41.0 Å². The quantitative estimate of drug-likeness (QED) is 0.886. The molecule has 122 valence electrons. The molecule has 1 aromatic carbocycles. The molecule has 1 atom stereocenters. The molecule has 1 aromatic heterocycles. The summed E-state index contributed by atoms with van der Waals surface area (Å²) in [6.07, 6.45) is 1.60. The molecule has 6 nitrogen and oxygen atoms in total. The summed E-state index contributed by atoms with van der Waals surface area (Å²) in [6, 6.07) is 9.34. The van der Waals surface area contributed by atoms with Crippen molar-refractivity contribution in [1.29, 1.82) is 0 Å². The highest BCUT2D eigenvalue weighted by atomic mass is 16.7. The molecule has 0 bridgehead atoms. The SMILES string of the molecule is CC(NC(=O)CN(C)Cc1ccc2c(c1)OCO2)c1ccco1. The number of benzene rings is 1. The smallest absolute Gasteiger partial charge is 0.234 e. The summed E-state index contributed by atoms with van der Waals surface area (Å²) in [6.45, 7) is 3.12. The van der Waals surface area contributed by atoms with Crippen LogP contribution in [-0.2, 0) is 11.3 Å². The first kappa shape index (κ1) is 15.4. The van der Waals surface area contributed by atoms with Crippen LogP contribution in [0.3, 0.4) is 0 Å². The van der Waals surface area contributed by atoms with Crippen molar-refractivity contribution in [3.8, 4) is 11.5 Å². The number of fused-ring (bicyclic) bond motifs is 1. The van der Waals surface area contributed by atoms with Crippen molar-refractivity contribution in [3.63, 3.8) is 0 Å². The molecule has 1 aliphatic rings. The Hall–Kier alpha value is -2.47. The van der Waals surface area contributed by atoms with Crippen molar-refractivity contribution < 1.29 is 18.7 Å². The summed E-state index contributed by atoms with van der Waals surface area (Å²) in [7, 11) is 1.90. The first-order valence-corrected chi connectivity index (χ1v) is 7.51. The van der Waals surface area contributed by atoms with Crippen molar-refractivity contribution in [2.75, 3.05) is 20.4 Å². The average molecular weight is 316 g/mol. The second kappa shape index (κ2) is 6.75. The number of amides is 1. The Bertz CT molecular complexity index is 669. The van der Waals surface area contributed by atoms with Gasteiger partial charge in [-0.2, -0.15) is 0 Å². The van der Waals surface area contributed by atoms with Crippen LogP contribution in [0.25, 0.3) is 0 Å². The Morgan fingerprint density at radius 3 is 2.91 bits per heavy atom. The van der Waals surface area contributed by atoms with E-state index >= 15 is 0 Å². The largest absolute Gasteiger partial charge is 0.467 e. The van der Waals surface area contributed by atoms with E-state index in [1.54, 1.807) is 6.26 Å². The second-order valence-corrected chi connectivity index (χ2v) is 5.66. The Morgan fingerprint density at radius 1 is 1.30 bits per heavy atom. The summed E-state index contributed by atoms with van der Waals surface area (Å²) >= 11 is 0. The van der Waals surface area contributed by atoms with Gasteiger partial charge in [0.15, 0.2) is 11.5 Å². The molecule has 1 aliphatic heterocycles. The molecule has 1 N–H and O–H groups in total. The predicted octanol–water partition coefficient (Wildman–Crippen LogP) is 2.32. The Morgan fingerprint density at radius 2 is 2.13 bits per heavy atom. The molecule has 1 unspecified atom stereocenters. The molecule has 2 aromatic rings. The van der Waals surface area contributed by atoms with Crippen LogP contribution in [0.4, 0.5) is 0 Å². The summed E-state index contributed by atoms with van der Waals surface area (Å²) < 4.78 is 15.9. The fourth-order valence-corrected chi connectivity index (χ4v) is 2.55. The van der Waals surface area contributed by atoms with Gasteiger partial charge in [0.05, 0.1) is 18.8 Å². The minimum Gasteiger partial charge on any atom is -0.467 e. The molecule has 1 amide bonds. The molecule has 0 saturated heterocycles. The Kier molecular flexibility index (Phi) is 4.52. The van der Waals surface area contributed by atoms with Crippen molar-refractivity contribution in [3.05, 3.63) is 47.9 Å². The molecule has 2 heterocycles. The number of nitrogens with one attached hydrogen (secondary N) is 1. The minimum atomic E-state index is -0.142. The van der Waals surface area contributed by atoms with Crippen LogP contribution in [0.5, 0.6) is 11.5 Å². The highest BCUT2D eigenvalue weighted by Gasteiger charge is 2.16. The molecular formula is C17H20N2O4. The first-order chi connectivity index (χ1) is 11.1. The van der Waals surface area contributed by atoms with E-state index in [0.717, 1.165) is 22.8 Å². The van der Waals surface area contributed by atoms with Gasteiger partial charge in [0.1, 0.15) is 5.76 Å². The number of hydrogen-bond acceptors (Lipinski definition) is 5. The number of nitrogens with zero attached hydrogens (tertiary/aromatic N) is 1. The molecule has 0 saturated carbocycles. The Balaban J connectivity index is 1.50. The summed E-state index contributed by atoms with van der Waals surface area (Å²) in [5, 5.41) is 2.92. The van der Waals surface area contributed by atoms with Crippen LogP contribution in [0.2, 0.25) is 0 Å². The zero-order valence-electron chi connectivity index (χ0n) is 13.2. The van der Waals surface area contributed by atoms with Crippen molar-refractivity contribution >= 4 is 5.91 Å². The van der Waals surface area contributed by atoms with Gasteiger partial charge in [0.25, 0.3) is 0 Å². The van der Waals surface area contributed by atoms with Gasteiger partial charge in [-0.05, 0) is 43.8 Å². The maximum atomic E-state index is 12.1. The number of carbonyl (C=O) groups is 1. The van der Waals surface area contributed by atoms with E-state index in [4.69, 9.17) is 13.9 Å². The van der Waals surface area contributed by atoms with Gasteiger partial charge in [-0.25, -0.2) is 0 Å². The monoisotopic (exact) mass is 316 g/mol. The molecule has 0 radical (unpaired) electrons. The highest BCUT2D eigenvalue weighted by Crippen LogP contribution is 2.32. The number of rotatable bonds is 6. The number of ether oxygens (including phenoxy) is 2. The molecule has 0 spiro atoms. The average Bonchev–Trinajstić information content (AvgIpc) is 3.17. The molecule has 23 heavy (non-hydrogen) atoms. The van der Waals surface area contributed by atoms with Gasteiger partial charge < -0.3 is 19.2 Å². The third kappa shape index (κ3) is 3.84. The van der Waals surface area contributed by atoms with Gasteiger partial charge in [0, 0.05) is 6.54 Å². The van der Waals surface area contributed by atoms with Crippen LogP contribution in [0, 0.1) is 0 Å². The number of hydrogen-bond donors (Lipinski definition) is 1. The zero-order valence-corrected chi connectivity index (χ0v) is 13.2. The summed E-state index contributed by atoms with van der Waals surface area (Å²) in [5.41, 5.74) is 1.07.